The van der Waals surface area contributed by atoms with E-state index in [1.54, 1.807) is 44.7 Å². The number of oxazole rings is 1. The third-order valence-corrected chi connectivity index (χ3v) is 4.84. The summed E-state index contributed by atoms with van der Waals surface area (Å²) in [7, 11) is 3.16. The Morgan fingerprint density at radius 1 is 1.18 bits per heavy atom. The van der Waals surface area contributed by atoms with Crippen molar-refractivity contribution in [3.05, 3.63) is 58.5 Å². The van der Waals surface area contributed by atoms with Gasteiger partial charge in [0, 0.05) is 18.9 Å². The maximum Gasteiger partial charge on any atom is 0.224 e. The number of aromatic nitrogens is 1. The van der Waals surface area contributed by atoms with E-state index in [0.29, 0.717) is 45.3 Å². The molecule has 1 N–H and O–H groups in total. The number of aryl methyl sites for hydroxylation is 1. The minimum Gasteiger partial charge on any atom is -0.497 e. The molecule has 28 heavy (non-hydrogen) atoms. The van der Waals surface area contributed by atoms with E-state index in [0.717, 1.165) is 5.56 Å². The number of nitrogens with zero attached hydrogens (tertiary/aromatic N) is 1. The Bertz CT molecular complexity index is 988. The van der Waals surface area contributed by atoms with Crippen LogP contribution in [-0.2, 0) is 11.2 Å². The van der Waals surface area contributed by atoms with Crippen LogP contribution in [-0.4, -0.2) is 25.1 Å². The Balaban J connectivity index is 1.65. The fourth-order valence-corrected chi connectivity index (χ4v) is 2.93. The van der Waals surface area contributed by atoms with Crippen molar-refractivity contribution in [3.63, 3.8) is 0 Å². The minimum absolute atomic E-state index is 0.183. The van der Waals surface area contributed by atoms with Crippen LogP contribution in [0.25, 0.3) is 11.3 Å². The van der Waals surface area contributed by atoms with E-state index in [1.165, 1.54) is 0 Å². The topological polar surface area (TPSA) is 73.6 Å². The molecule has 0 spiro atoms. The third kappa shape index (κ3) is 4.58. The van der Waals surface area contributed by atoms with Crippen LogP contribution in [0.1, 0.15) is 12.3 Å². The molecular formula is C20H18Cl2N2O4. The molecule has 2 aromatic carbocycles. The molecule has 8 heteroatoms. The summed E-state index contributed by atoms with van der Waals surface area (Å²) in [5, 5.41) is 3.42. The van der Waals surface area contributed by atoms with Crippen LogP contribution in [0.2, 0.25) is 10.0 Å². The first kappa shape index (κ1) is 20.0. The normalized spacial score (nSPS) is 10.6. The Kier molecular flexibility index (Phi) is 6.44. The van der Waals surface area contributed by atoms with Crippen molar-refractivity contribution in [2.75, 3.05) is 19.5 Å². The number of ether oxygens (including phenoxy) is 2. The van der Waals surface area contributed by atoms with Gasteiger partial charge in [-0.3, -0.25) is 4.79 Å². The van der Waals surface area contributed by atoms with Crippen LogP contribution >= 0.6 is 23.2 Å². The smallest absolute Gasteiger partial charge is 0.224 e. The zero-order chi connectivity index (χ0) is 20.1. The fraction of sp³-hybridized carbons (Fsp3) is 0.200. The minimum atomic E-state index is -0.217. The van der Waals surface area contributed by atoms with Gasteiger partial charge in [0.05, 0.1) is 41.7 Å². The second-order valence-corrected chi connectivity index (χ2v) is 6.62. The van der Waals surface area contributed by atoms with Crippen molar-refractivity contribution >= 4 is 34.8 Å². The van der Waals surface area contributed by atoms with Gasteiger partial charge in [0.15, 0.2) is 11.7 Å². The first-order chi connectivity index (χ1) is 13.5. The van der Waals surface area contributed by atoms with Crippen molar-refractivity contribution in [2.24, 2.45) is 0 Å². The number of methoxy groups -OCH3 is 2. The molecule has 0 unspecified atom stereocenters. The number of halogens is 2. The average Bonchev–Trinajstić information content (AvgIpc) is 3.18. The molecule has 1 heterocycles. The first-order valence-electron chi connectivity index (χ1n) is 8.42. The molecule has 1 aromatic heterocycles. The monoisotopic (exact) mass is 420 g/mol. The Morgan fingerprint density at radius 2 is 2.00 bits per heavy atom. The Morgan fingerprint density at radius 3 is 2.75 bits per heavy atom. The predicted octanol–water partition coefficient (Wildman–Crippen LogP) is 5.24. The van der Waals surface area contributed by atoms with Crippen molar-refractivity contribution in [3.8, 4) is 22.8 Å². The fourth-order valence-electron chi connectivity index (χ4n) is 2.59. The van der Waals surface area contributed by atoms with Gasteiger partial charge in [-0.2, -0.15) is 0 Å². The second-order valence-electron chi connectivity index (χ2n) is 5.83. The van der Waals surface area contributed by atoms with Gasteiger partial charge in [0.1, 0.15) is 11.5 Å². The molecule has 0 saturated carbocycles. The zero-order valence-corrected chi connectivity index (χ0v) is 16.8. The van der Waals surface area contributed by atoms with E-state index in [1.807, 2.05) is 12.1 Å². The molecule has 3 rings (SSSR count). The molecule has 0 bridgehead atoms. The van der Waals surface area contributed by atoms with Gasteiger partial charge in [0.25, 0.3) is 0 Å². The van der Waals surface area contributed by atoms with E-state index >= 15 is 0 Å². The van der Waals surface area contributed by atoms with E-state index in [4.69, 9.17) is 37.1 Å². The molecule has 0 fully saturated rings. The maximum absolute atomic E-state index is 12.2. The van der Waals surface area contributed by atoms with Crippen molar-refractivity contribution in [1.29, 1.82) is 0 Å². The lowest BCUT2D eigenvalue weighted by atomic mass is 10.1. The molecule has 3 aromatic rings. The number of amides is 1. The van der Waals surface area contributed by atoms with E-state index in [9.17, 15) is 4.79 Å². The molecule has 1 amide bonds. The Labute approximate surface area is 172 Å². The van der Waals surface area contributed by atoms with Crippen LogP contribution in [0.5, 0.6) is 11.5 Å². The molecule has 0 aliphatic carbocycles. The van der Waals surface area contributed by atoms with Gasteiger partial charge in [-0.15, -0.1) is 0 Å². The highest BCUT2D eigenvalue weighted by Gasteiger charge is 2.14. The van der Waals surface area contributed by atoms with Gasteiger partial charge >= 0.3 is 0 Å². The quantitative estimate of drug-likeness (QED) is 0.565. The lowest BCUT2D eigenvalue weighted by Gasteiger charge is -2.08. The first-order valence-corrected chi connectivity index (χ1v) is 9.18. The SMILES string of the molecule is COc1ccc(-c2cnc(CCC(=O)Nc3cccc(Cl)c3Cl)o2)c(OC)c1. The molecule has 0 radical (unpaired) electrons. The largest absolute Gasteiger partial charge is 0.497 e. The van der Waals surface area contributed by atoms with Gasteiger partial charge in [-0.1, -0.05) is 29.3 Å². The van der Waals surface area contributed by atoms with Gasteiger partial charge in [-0.25, -0.2) is 4.98 Å². The number of rotatable bonds is 7. The molecule has 0 aliphatic rings. The molecular weight excluding hydrogens is 403 g/mol. The molecule has 0 atom stereocenters. The summed E-state index contributed by atoms with van der Waals surface area (Å²) in [6, 6.07) is 10.5. The third-order valence-electron chi connectivity index (χ3n) is 4.02. The van der Waals surface area contributed by atoms with Gasteiger partial charge < -0.3 is 19.2 Å². The Hall–Kier alpha value is -2.70. The van der Waals surface area contributed by atoms with Crippen molar-refractivity contribution in [1.82, 2.24) is 4.98 Å². The zero-order valence-electron chi connectivity index (χ0n) is 15.3. The van der Waals surface area contributed by atoms with Crippen LogP contribution in [0.4, 0.5) is 5.69 Å². The number of hydrogen-bond donors (Lipinski definition) is 1. The van der Waals surface area contributed by atoms with Crippen LogP contribution in [0.3, 0.4) is 0 Å². The lowest BCUT2D eigenvalue weighted by Crippen LogP contribution is -2.12. The highest BCUT2D eigenvalue weighted by Crippen LogP contribution is 2.34. The molecule has 6 nitrogen and oxygen atoms in total. The number of hydrogen-bond acceptors (Lipinski definition) is 5. The number of anilines is 1. The summed E-state index contributed by atoms with van der Waals surface area (Å²) in [4.78, 5) is 16.4. The number of benzene rings is 2. The average molecular weight is 421 g/mol. The molecule has 0 aliphatic heterocycles. The predicted molar refractivity (Wildman–Crippen MR) is 108 cm³/mol. The summed E-state index contributed by atoms with van der Waals surface area (Å²) in [6.45, 7) is 0. The van der Waals surface area contributed by atoms with Crippen LogP contribution < -0.4 is 14.8 Å². The summed E-state index contributed by atoms with van der Waals surface area (Å²) in [5.74, 6) is 2.06. The van der Waals surface area contributed by atoms with Crippen molar-refractivity contribution < 1.29 is 18.7 Å². The summed E-state index contributed by atoms with van der Waals surface area (Å²) in [6.07, 6.45) is 2.12. The van der Waals surface area contributed by atoms with E-state index in [-0.39, 0.29) is 12.3 Å². The standard InChI is InChI=1S/C20H18Cl2N2O4/c1-26-12-6-7-13(16(10-12)27-2)17-11-23-19(28-17)9-8-18(25)24-15-5-3-4-14(21)20(15)22/h3-7,10-11H,8-9H2,1-2H3,(H,24,25). The van der Waals surface area contributed by atoms with Gasteiger partial charge in [-0.05, 0) is 24.3 Å². The van der Waals surface area contributed by atoms with Crippen LogP contribution in [0, 0.1) is 0 Å². The van der Waals surface area contributed by atoms with E-state index < -0.39 is 0 Å². The van der Waals surface area contributed by atoms with Gasteiger partial charge in [0.2, 0.25) is 5.91 Å². The number of carbonyl (C=O) groups excluding carboxylic acids is 1. The van der Waals surface area contributed by atoms with Crippen molar-refractivity contribution in [2.45, 2.75) is 12.8 Å². The summed E-state index contributed by atoms with van der Waals surface area (Å²) >= 11 is 12.0. The summed E-state index contributed by atoms with van der Waals surface area (Å²) in [5.41, 5.74) is 1.22. The summed E-state index contributed by atoms with van der Waals surface area (Å²) < 4.78 is 16.3. The maximum atomic E-state index is 12.2. The molecule has 0 saturated heterocycles. The van der Waals surface area contributed by atoms with E-state index in [2.05, 4.69) is 10.3 Å². The highest BCUT2D eigenvalue weighted by atomic mass is 35.5. The second kappa shape index (κ2) is 8.99. The number of carbonyl (C=O) groups is 1. The van der Waals surface area contributed by atoms with Crippen LogP contribution in [0.15, 0.2) is 47.0 Å². The lowest BCUT2D eigenvalue weighted by molar-refractivity contribution is -0.116. The number of nitrogens with one attached hydrogen (secondary N) is 1. The molecule has 146 valence electrons. The highest BCUT2D eigenvalue weighted by molar-refractivity contribution is 6.43.